The minimum atomic E-state index is -1.02. The highest BCUT2D eigenvalue weighted by molar-refractivity contribution is 7.11. The van der Waals surface area contributed by atoms with Gasteiger partial charge in [0.2, 0.25) is 0 Å². The number of thiazole rings is 1. The van der Waals surface area contributed by atoms with E-state index in [2.05, 4.69) is 4.98 Å². The van der Waals surface area contributed by atoms with E-state index in [9.17, 15) is 9.59 Å². The minimum Gasteiger partial charge on any atom is -0.480 e. The first kappa shape index (κ1) is 16.2. The summed E-state index contributed by atoms with van der Waals surface area (Å²) in [5, 5.41) is 9.84. The van der Waals surface area contributed by atoms with Crippen molar-refractivity contribution in [3.8, 4) is 0 Å². The Morgan fingerprint density at radius 2 is 1.91 bits per heavy atom. The molecule has 0 unspecified atom stereocenters. The zero-order chi connectivity index (χ0) is 16.1. The van der Waals surface area contributed by atoms with Crippen LogP contribution in [0, 0.1) is 13.8 Å². The Morgan fingerprint density at radius 1 is 1.23 bits per heavy atom. The van der Waals surface area contributed by atoms with Crippen molar-refractivity contribution in [3.05, 3.63) is 51.5 Å². The summed E-state index contributed by atoms with van der Waals surface area (Å²) in [5.74, 6) is -1.34. The standard InChI is InChI=1S/C16H18N2O3S/c1-11-15(17-12(2)22-11)16(21)18(10-14(19)20)9-8-13-6-4-3-5-7-13/h3-7H,8-10H2,1-2H3,(H,19,20). The van der Waals surface area contributed by atoms with E-state index >= 15 is 0 Å². The number of aryl methyl sites for hydroxylation is 2. The number of aliphatic carboxylic acids is 1. The van der Waals surface area contributed by atoms with E-state index in [1.54, 1.807) is 0 Å². The molecule has 0 saturated carbocycles. The Hall–Kier alpha value is -2.21. The van der Waals surface area contributed by atoms with Gasteiger partial charge in [0.15, 0.2) is 0 Å². The van der Waals surface area contributed by atoms with E-state index in [0.29, 0.717) is 18.7 Å². The predicted molar refractivity (Wildman–Crippen MR) is 85.3 cm³/mol. The van der Waals surface area contributed by atoms with Crippen molar-refractivity contribution in [3.63, 3.8) is 0 Å². The van der Waals surface area contributed by atoms with Crippen LogP contribution >= 0.6 is 11.3 Å². The van der Waals surface area contributed by atoms with Gasteiger partial charge in [-0.25, -0.2) is 4.98 Å². The summed E-state index contributed by atoms with van der Waals surface area (Å²) in [6.07, 6.45) is 0.613. The van der Waals surface area contributed by atoms with Gasteiger partial charge in [-0.15, -0.1) is 11.3 Å². The maximum absolute atomic E-state index is 12.5. The van der Waals surface area contributed by atoms with E-state index in [1.807, 2.05) is 44.2 Å². The smallest absolute Gasteiger partial charge is 0.323 e. The van der Waals surface area contributed by atoms with Crippen molar-refractivity contribution in [2.75, 3.05) is 13.1 Å². The number of hydrogen-bond acceptors (Lipinski definition) is 4. The fourth-order valence-corrected chi connectivity index (χ4v) is 3.01. The Kier molecular flexibility index (Phi) is 5.27. The van der Waals surface area contributed by atoms with E-state index in [-0.39, 0.29) is 12.5 Å². The lowest BCUT2D eigenvalue weighted by Gasteiger charge is -2.20. The number of carbonyl (C=O) groups excluding carboxylic acids is 1. The minimum absolute atomic E-state index is 0.318. The highest BCUT2D eigenvalue weighted by Gasteiger charge is 2.22. The predicted octanol–water partition coefficient (Wildman–Crippen LogP) is 2.53. The number of carboxylic acids is 1. The molecular formula is C16H18N2O3S. The molecule has 1 N–H and O–H groups in total. The molecule has 0 bridgehead atoms. The maximum atomic E-state index is 12.5. The molecule has 116 valence electrons. The lowest BCUT2D eigenvalue weighted by molar-refractivity contribution is -0.137. The van der Waals surface area contributed by atoms with Crippen LogP contribution < -0.4 is 0 Å². The number of carboxylic acid groups (broad SMARTS) is 1. The average molecular weight is 318 g/mol. The second-order valence-corrected chi connectivity index (χ2v) is 6.40. The quantitative estimate of drug-likeness (QED) is 0.888. The molecule has 0 spiro atoms. The van der Waals surface area contributed by atoms with Crippen LogP contribution in [0.15, 0.2) is 30.3 Å². The number of carbonyl (C=O) groups is 2. The SMILES string of the molecule is Cc1nc(C(=O)N(CCc2ccccc2)CC(=O)O)c(C)s1. The molecule has 0 aliphatic heterocycles. The number of nitrogens with zero attached hydrogens (tertiary/aromatic N) is 2. The second kappa shape index (κ2) is 7.17. The molecule has 2 rings (SSSR count). The Balaban J connectivity index is 2.13. The van der Waals surface area contributed by atoms with Crippen LogP contribution in [-0.4, -0.2) is 40.0 Å². The van der Waals surface area contributed by atoms with Gasteiger partial charge < -0.3 is 10.0 Å². The van der Waals surface area contributed by atoms with Gasteiger partial charge in [0.25, 0.3) is 5.91 Å². The Labute approximate surface area is 133 Å². The number of hydrogen-bond donors (Lipinski definition) is 1. The Bertz CT molecular complexity index is 667. The van der Waals surface area contributed by atoms with Gasteiger partial charge in [-0.3, -0.25) is 9.59 Å². The molecule has 0 atom stereocenters. The van der Waals surface area contributed by atoms with Crippen LogP contribution in [0.3, 0.4) is 0 Å². The van der Waals surface area contributed by atoms with Gasteiger partial charge in [-0.05, 0) is 25.8 Å². The van der Waals surface area contributed by atoms with E-state index in [1.165, 1.54) is 16.2 Å². The van der Waals surface area contributed by atoms with Gasteiger partial charge in [0.05, 0.1) is 5.01 Å². The molecule has 0 radical (unpaired) electrons. The molecule has 0 fully saturated rings. The molecule has 1 aromatic heterocycles. The van der Waals surface area contributed by atoms with Crippen LogP contribution in [0.25, 0.3) is 0 Å². The lowest BCUT2D eigenvalue weighted by Crippen LogP contribution is -2.37. The van der Waals surface area contributed by atoms with Crippen LogP contribution in [0.4, 0.5) is 0 Å². The zero-order valence-electron chi connectivity index (χ0n) is 12.6. The first-order valence-corrected chi connectivity index (χ1v) is 7.78. The fourth-order valence-electron chi connectivity index (χ4n) is 2.20. The van der Waals surface area contributed by atoms with Gasteiger partial charge >= 0.3 is 5.97 Å². The number of aromatic nitrogens is 1. The molecule has 2 aromatic rings. The van der Waals surface area contributed by atoms with E-state index in [0.717, 1.165) is 15.4 Å². The molecule has 22 heavy (non-hydrogen) atoms. The fraction of sp³-hybridized carbons (Fsp3) is 0.312. The van der Waals surface area contributed by atoms with Crippen molar-refractivity contribution >= 4 is 23.2 Å². The number of benzene rings is 1. The first-order valence-electron chi connectivity index (χ1n) is 6.96. The van der Waals surface area contributed by atoms with E-state index < -0.39 is 5.97 Å². The summed E-state index contributed by atoms with van der Waals surface area (Å²) in [5.41, 5.74) is 1.42. The molecule has 0 saturated heterocycles. The Morgan fingerprint density at radius 3 is 2.45 bits per heavy atom. The second-order valence-electron chi connectivity index (χ2n) is 4.99. The van der Waals surface area contributed by atoms with Gasteiger partial charge in [-0.2, -0.15) is 0 Å². The van der Waals surface area contributed by atoms with Crippen LogP contribution in [0.1, 0.15) is 25.9 Å². The van der Waals surface area contributed by atoms with Crippen LogP contribution in [-0.2, 0) is 11.2 Å². The summed E-state index contributed by atoms with van der Waals surface area (Å²) in [6, 6.07) is 9.69. The summed E-state index contributed by atoms with van der Waals surface area (Å²) in [6.45, 7) is 3.70. The maximum Gasteiger partial charge on any atom is 0.323 e. The zero-order valence-corrected chi connectivity index (χ0v) is 13.4. The largest absolute Gasteiger partial charge is 0.480 e. The van der Waals surface area contributed by atoms with Crippen molar-refractivity contribution in [1.82, 2.24) is 9.88 Å². The molecule has 0 aliphatic rings. The average Bonchev–Trinajstić information content (AvgIpc) is 2.82. The highest BCUT2D eigenvalue weighted by Crippen LogP contribution is 2.18. The van der Waals surface area contributed by atoms with Gasteiger partial charge in [-0.1, -0.05) is 30.3 Å². The molecule has 5 nitrogen and oxygen atoms in total. The van der Waals surface area contributed by atoms with Crippen molar-refractivity contribution in [1.29, 1.82) is 0 Å². The number of amides is 1. The monoisotopic (exact) mass is 318 g/mol. The molecule has 6 heteroatoms. The lowest BCUT2D eigenvalue weighted by atomic mass is 10.1. The highest BCUT2D eigenvalue weighted by atomic mass is 32.1. The summed E-state index contributed by atoms with van der Waals surface area (Å²) >= 11 is 1.44. The summed E-state index contributed by atoms with van der Waals surface area (Å²) < 4.78 is 0. The normalized spacial score (nSPS) is 10.5. The van der Waals surface area contributed by atoms with E-state index in [4.69, 9.17) is 5.11 Å². The molecule has 1 heterocycles. The van der Waals surface area contributed by atoms with Gasteiger partial charge in [0.1, 0.15) is 12.2 Å². The first-order chi connectivity index (χ1) is 10.5. The van der Waals surface area contributed by atoms with Crippen LogP contribution in [0.5, 0.6) is 0 Å². The topological polar surface area (TPSA) is 70.5 Å². The van der Waals surface area contributed by atoms with Crippen molar-refractivity contribution < 1.29 is 14.7 Å². The third kappa shape index (κ3) is 4.14. The van der Waals surface area contributed by atoms with Crippen LogP contribution in [0.2, 0.25) is 0 Å². The van der Waals surface area contributed by atoms with Gasteiger partial charge in [0, 0.05) is 11.4 Å². The number of rotatable bonds is 6. The molecule has 0 aliphatic carbocycles. The third-order valence-electron chi connectivity index (χ3n) is 3.23. The molecule has 1 aromatic carbocycles. The summed E-state index contributed by atoms with van der Waals surface area (Å²) in [4.78, 5) is 30.0. The molecular weight excluding hydrogens is 300 g/mol. The third-order valence-corrected chi connectivity index (χ3v) is 4.12. The van der Waals surface area contributed by atoms with Crippen molar-refractivity contribution in [2.24, 2.45) is 0 Å². The molecule has 1 amide bonds. The van der Waals surface area contributed by atoms with Crippen molar-refractivity contribution in [2.45, 2.75) is 20.3 Å². The summed E-state index contributed by atoms with van der Waals surface area (Å²) in [7, 11) is 0.